The van der Waals surface area contributed by atoms with Crippen molar-refractivity contribution >= 4 is 17.4 Å². The van der Waals surface area contributed by atoms with E-state index in [1.807, 2.05) is 39.2 Å². The molecule has 23 heavy (non-hydrogen) atoms. The Bertz CT molecular complexity index is 614. The molecular weight excluding hydrogens is 310 g/mol. The first-order chi connectivity index (χ1) is 11.1. The van der Waals surface area contributed by atoms with E-state index in [1.54, 1.807) is 11.8 Å². The summed E-state index contributed by atoms with van der Waals surface area (Å²) >= 11 is 1.81. The molecule has 3 N–H and O–H groups in total. The highest BCUT2D eigenvalue weighted by atomic mass is 32.2. The van der Waals surface area contributed by atoms with Crippen LogP contribution in [0.4, 0.5) is 5.69 Å². The molecule has 0 saturated heterocycles. The van der Waals surface area contributed by atoms with Crippen LogP contribution in [0.15, 0.2) is 34.7 Å². The Morgan fingerprint density at radius 1 is 1.17 bits per heavy atom. The average molecular weight is 335 g/mol. The summed E-state index contributed by atoms with van der Waals surface area (Å²) < 4.78 is 5.81. The van der Waals surface area contributed by atoms with Gasteiger partial charge in [-0.05, 0) is 50.8 Å². The van der Waals surface area contributed by atoms with Crippen LogP contribution in [0, 0.1) is 0 Å². The molecule has 0 aliphatic carbocycles. The Kier molecular flexibility index (Phi) is 6.83. The molecule has 0 radical (unpaired) electrons. The van der Waals surface area contributed by atoms with Gasteiger partial charge in [-0.1, -0.05) is 6.07 Å². The van der Waals surface area contributed by atoms with Crippen molar-refractivity contribution in [3.63, 3.8) is 0 Å². The van der Waals surface area contributed by atoms with Crippen molar-refractivity contribution in [2.45, 2.75) is 25.0 Å². The first-order valence-corrected chi connectivity index (χ1v) is 8.81. The van der Waals surface area contributed by atoms with Crippen LogP contribution >= 0.6 is 11.8 Å². The van der Waals surface area contributed by atoms with Crippen LogP contribution in [0.5, 0.6) is 5.75 Å². The summed E-state index contributed by atoms with van der Waals surface area (Å²) in [5.41, 5.74) is 2.10. The molecule has 1 aromatic carbocycles. The van der Waals surface area contributed by atoms with Gasteiger partial charge in [0, 0.05) is 12.3 Å². The van der Waals surface area contributed by atoms with Gasteiger partial charge in [0.05, 0.1) is 18.0 Å². The van der Waals surface area contributed by atoms with Crippen LogP contribution in [0.1, 0.15) is 24.0 Å². The molecule has 2 rings (SSSR count). The second kappa shape index (κ2) is 8.86. The quantitative estimate of drug-likeness (QED) is 0.684. The summed E-state index contributed by atoms with van der Waals surface area (Å²) in [5.74, 6) is 9.76. The molecule has 2 aromatic rings. The van der Waals surface area contributed by atoms with E-state index in [1.165, 1.54) is 5.56 Å². The molecule has 0 aliphatic rings. The van der Waals surface area contributed by atoms with Crippen LogP contribution in [0.25, 0.3) is 0 Å². The Labute approximate surface area is 142 Å². The number of benzene rings is 1. The zero-order valence-electron chi connectivity index (χ0n) is 14.0. The Morgan fingerprint density at radius 2 is 1.96 bits per heavy atom. The molecule has 0 aliphatic heterocycles. The summed E-state index contributed by atoms with van der Waals surface area (Å²) in [5, 5.41) is 3.22. The van der Waals surface area contributed by atoms with Gasteiger partial charge < -0.3 is 19.5 Å². The fraction of sp³-hybridized carbons (Fsp3) is 0.412. The molecule has 0 spiro atoms. The van der Waals surface area contributed by atoms with Crippen molar-refractivity contribution in [2.24, 2.45) is 5.90 Å². The highest BCUT2D eigenvalue weighted by Crippen LogP contribution is 2.27. The van der Waals surface area contributed by atoms with Crippen LogP contribution in [-0.2, 0) is 18.1 Å². The molecule has 0 bridgehead atoms. The Morgan fingerprint density at radius 3 is 2.65 bits per heavy atom. The van der Waals surface area contributed by atoms with Crippen molar-refractivity contribution in [2.75, 3.05) is 26.0 Å². The van der Waals surface area contributed by atoms with Gasteiger partial charge in [-0.3, -0.25) is 0 Å². The third kappa shape index (κ3) is 5.49. The van der Waals surface area contributed by atoms with Gasteiger partial charge in [-0.15, -0.1) is 11.8 Å². The van der Waals surface area contributed by atoms with Gasteiger partial charge in [-0.2, -0.15) is 5.90 Å². The molecule has 0 amide bonds. The lowest BCUT2D eigenvalue weighted by Gasteiger charge is -2.10. The maximum Gasteiger partial charge on any atom is 0.170 e. The van der Waals surface area contributed by atoms with E-state index in [2.05, 4.69) is 22.3 Å². The average Bonchev–Trinajstić information content (AvgIpc) is 2.95. The predicted molar refractivity (Wildman–Crippen MR) is 96.5 cm³/mol. The number of hydrogen-bond acceptors (Lipinski definition) is 6. The number of furan rings is 1. The number of hydrogen-bond donors (Lipinski definition) is 2. The lowest BCUT2D eigenvalue weighted by Crippen LogP contribution is -2.09. The predicted octanol–water partition coefficient (Wildman–Crippen LogP) is 3.46. The molecule has 5 nitrogen and oxygen atoms in total. The van der Waals surface area contributed by atoms with Crippen molar-refractivity contribution in [3.05, 3.63) is 47.4 Å². The number of nitrogens with two attached hydrogens (primary N) is 1. The maximum absolute atomic E-state index is 5.81. The molecule has 0 unspecified atom stereocenters. The minimum atomic E-state index is 0.677. The maximum atomic E-state index is 5.81. The topological polar surface area (TPSA) is 63.7 Å². The van der Waals surface area contributed by atoms with Crippen molar-refractivity contribution in [1.29, 1.82) is 0 Å². The first-order valence-electron chi connectivity index (χ1n) is 7.66. The smallest absolute Gasteiger partial charge is 0.170 e. The standard InChI is InChI=1S/C17H25N3O2S/c1-4-19-16-8-5-13(9-17(16)22-18)11-23-12-15-7-6-14(21-15)10-20(2)3/h5-9,19H,4,10-12,18H2,1-3H3. The SMILES string of the molecule is CCNc1ccc(CSCc2ccc(CN(C)C)o2)cc1ON. The van der Waals surface area contributed by atoms with Gasteiger partial charge in [-0.25, -0.2) is 0 Å². The summed E-state index contributed by atoms with van der Waals surface area (Å²) in [7, 11) is 4.07. The Hall–Kier alpha value is -1.63. The van der Waals surface area contributed by atoms with Gasteiger partial charge >= 0.3 is 0 Å². The monoisotopic (exact) mass is 335 g/mol. The van der Waals surface area contributed by atoms with Gasteiger partial charge in [0.15, 0.2) is 5.75 Å². The highest BCUT2D eigenvalue weighted by molar-refractivity contribution is 7.97. The molecule has 1 heterocycles. The fourth-order valence-electron chi connectivity index (χ4n) is 2.26. The van der Waals surface area contributed by atoms with Crippen molar-refractivity contribution in [3.8, 4) is 5.75 Å². The van der Waals surface area contributed by atoms with Crippen LogP contribution in [0.3, 0.4) is 0 Å². The summed E-state index contributed by atoms with van der Waals surface area (Å²) in [6.07, 6.45) is 0. The largest absolute Gasteiger partial charge is 0.464 e. The molecule has 0 fully saturated rings. The minimum Gasteiger partial charge on any atom is -0.464 e. The second-order valence-electron chi connectivity index (χ2n) is 5.58. The number of rotatable bonds is 9. The van der Waals surface area contributed by atoms with E-state index >= 15 is 0 Å². The minimum absolute atomic E-state index is 0.677. The number of thioether (sulfide) groups is 1. The number of nitrogens with zero attached hydrogens (tertiary/aromatic N) is 1. The van der Waals surface area contributed by atoms with Crippen LogP contribution < -0.4 is 16.1 Å². The summed E-state index contributed by atoms with van der Waals surface area (Å²) in [6.45, 7) is 3.70. The summed E-state index contributed by atoms with van der Waals surface area (Å²) in [4.78, 5) is 7.04. The first kappa shape index (κ1) is 17.7. The van der Waals surface area contributed by atoms with Gasteiger partial charge in [0.2, 0.25) is 0 Å². The van der Waals surface area contributed by atoms with Crippen molar-refractivity contribution < 1.29 is 9.25 Å². The lowest BCUT2D eigenvalue weighted by molar-refractivity contribution is 0.336. The molecule has 6 heteroatoms. The molecule has 126 valence electrons. The molecule has 0 atom stereocenters. The normalized spacial score (nSPS) is 11.0. The zero-order valence-corrected chi connectivity index (χ0v) is 14.8. The van der Waals surface area contributed by atoms with Crippen LogP contribution in [0.2, 0.25) is 0 Å². The number of nitrogens with one attached hydrogen (secondary N) is 1. The third-order valence-corrected chi connectivity index (χ3v) is 4.27. The summed E-state index contributed by atoms with van der Waals surface area (Å²) in [6, 6.07) is 10.2. The van der Waals surface area contributed by atoms with Gasteiger partial charge in [0.1, 0.15) is 11.5 Å². The highest BCUT2D eigenvalue weighted by Gasteiger charge is 2.06. The second-order valence-corrected chi connectivity index (χ2v) is 6.56. The van der Waals surface area contributed by atoms with E-state index in [4.69, 9.17) is 15.2 Å². The van der Waals surface area contributed by atoms with E-state index in [0.29, 0.717) is 5.75 Å². The van der Waals surface area contributed by atoms with Gasteiger partial charge in [0.25, 0.3) is 0 Å². The van der Waals surface area contributed by atoms with E-state index in [-0.39, 0.29) is 0 Å². The van der Waals surface area contributed by atoms with Crippen molar-refractivity contribution in [1.82, 2.24) is 4.90 Å². The zero-order chi connectivity index (χ0) is 16.7. The van der Waals surface area contributed by atoms with E-state index < -0.39 is 0 Å². The molecule has 0 saturated carbocycles. The number of anilines is 1. The third-order valence-electron chi connectivity index (χ3n) is 3.24. The van der Waals surface area contributed by atoms with E-state index in [0.717, 1.165) is 41.8 Å². The van der Waals surface area contributed by atoms with Crippen LogP contribution in [-0.4, -0.2) is 25.5 Å². The fourth-order valence-corrected chi connectivity index (χ4v) is 3.13. The lowest BCUT2D eigenvalue weighted by atomic mass is 10.2. The molecule has 1 aromatic heterocycles. The Balaban J connectivity index is 1.87. The molecular formula is C17H25N3O2S. The van der Waals surface area contributed by atoms with E-state index in [9.17, 15) is 0 Å².